The Morgan fingerprint density at radius 3 is 2.31 bits per heavy atom. The number of para-hydroxylation sites is 1. The SMILES string of the molecule is COc1ccc(OC)c(/C=C/C(=O)N2CCN(CC(=O)Nc3c(C)cccc3C)CC2)c1. The van der Waals surface area contributed by atoms with Crippen LogP contribution in [0.1, 0.15) is 16.7 Å². The minimum Gasteiger partial charge on any atom is -0.497 e. The summed E-state index contributed by atoms with van der Waals surface area (Å²) >= 11 is 0. The molecule has 1 saturated heterocycles. The Morgan fingerprint density at radius 2 is 1.69 bits per heavy atom. The molecule has 1 heterocycles. The fraction of sp³-hybridized carbons (Fsp3) is 0.360. The van der Waals surface area contributed by atoms with E-state index in [1.165, 1.54) is 0 Å². The first kappa shape index (κ1) is 23.3. The summed E-state index contributed by atoms with van der Waals surface area (Å²) in [6.07, 6.45) is 3.30. The van der Waals surface area contributed by atoms with Crippen molar-refractivity contribution in [2.45, 2.75) is 13.8 Å². The maximum atomic E-state index is 12.6. The number of piperazine rings is 1. The first-order chi connectivity index (χ1) is 15.4. The zero-order valence-electron chi connectivity index (χ0n) is 19.2. The van der Waals surface area contributed by atoms with Crippen LogP contribution in [0.15, 0.2) is 42.5 Å². The van der Waals surface area contributed by atoms with Gasteiger partial charge in [0.05, 0.1) is 20.8 Å². The zero-order chi connectivity index (χ0) is 23.1. The van der Waals surface area contributed by atoms with Crippen molar-refractivity contribution in [3.8, 4) is 11.5 Å². The lowest BCUT2D eigenvalue weighted by molar-refractivity contribution is -0.127. The van der Waals surface area contributed by atoms with Crippen LogP contribution in [-0.2, 0) is 9.59 Å². The quantitative estimate of drug-likeness (QED) is 0.674. The topological polar surface area (TPSA) is 71.1 Å². The molecule has 1 aliphatic heterocycles. The van der Waals surface area contributed by atoms with E-state index < -0.39 is 0 Å². The van der Waals surface area contributed by atoms with Gasteiger partial charge in [0, 0.05) is 43.5 Å². The zero-order valence-corrected chi connectivity index (χ0v) is 19.2. The maximum Gasteiger partial charge on any atom is 0.246 e. The number of hydrogen-bond acceptors (Lipinski definition) is 5. The number of anilines is 1. The van der Waals surface area contributed by atoms with Crippen molar-refractivity contribution in [3.63, 3.8) is 0 Å². The van der Waals surface area contributed by atoms with E-state index in [1.807, 2.05) is 50.2 Å². The number of hydrogen-bond donors (Lipinski definition) is 1. The van der Waals surface area contributed by atoms with Gasteiger partial charge in [-0.15, -0.1) is 0 Å². The minimum absolute atomic E-state index is 0.0350. The Morgan fingerprint density at radius 1 is 1.00 bits per heavy atom. The molecule has 0 spiro atoms. The predicted octanol–water partition coefficient (Wildman–Crippen LogP) is 3.12. The first-order valence-electron chi connectivity index (χ1n) is 10.7. The Balaban J connectivity index is 1.51. The summed E-state index contributed by atoms with van der Waals surface area (Å²) in [6.45, 7) is 6.75. The summed E-state index contributed by atoms with van der Waals surface area (Å²) in [5, 5.41) is 3.02. The van der Waals surface area contributed by atoms with Gasteiger partial charge in [-0.3, -0.25) is 14.5 Å². The highest BCUT2D eigenvalue weighted by molar-refractivity contribution is 5.94. The summed E-state index contributed by atoms with van der Waals surface area (Å²) in [7, 11) is 3.19. The van der Waals surface area contributed by atoms with E-state index in [2.05, 4.69) is 10.2 Å². The number of nitrogens with zero attached hydrogens (tertiary/aromatic N) is 2. The molecular weight excluding hydrogens is 406 g/mol. The predicted molar refractivity (Wildman–Crippen MR) is 126 cm³/mol. The van der Waals surface area contributed by atoms with Crippen LogP contribution in [0.2, 0.25) is 0 Å². The second-order valence-corrected chi connectivity index (χ2v) is 7.86. The van der Waals surface area contributed by atoms with Gasteiger partial charge >= 0.3 is 0 Å². The lowest BCUT2D eigenvalue weighted by atomic mass is 10.1. The number of rotatable bonds is 7. The first-order valence-corrected chi connectivity index (χ1v) is 10.7. The molecule has 0 atom stereocenters. The molecule has 1 N–H and O–H groups in total. The third-order valence-corrected chi connectivity index (χ3v) is 5.64. The van der Waals surface area contributed by atoms with Gasteiger partial charge in [-0.2, -0.15) is 0 Å². The van der Waals surface area contributed by atoms with E-state index in [1.54, 1.807) is 31.3 Å². The average Bonchev–Trinajstić information content (AvgIpc) is 2.80. The summed E-state index contributed by atoms with van der Waals surface area (Å²) < 4.78 is 10.6. The highest BCUT2D eigenvalue weighted by atomic mass is 16.5. The smallest absolute Gasteiger partial charge is 0.246 e. The molecule has 32 heavy (non-hydrogen) atoms. The van der Waals surface area contributed by atoms with Crippen LogP contribution in [-0.4, -0.2) is 68.6 Å². The molecule has 1 aliphatic rings. The van der Waals surface area contributed by atoms with Gasteiger partial charge < -0.3 is 19.7 Å². The standard InChI is InChI=1S/C25H31N3O4/c1-18-6-5-7-19(2)25(18)26-23(29)17-27-12-14-28(15-13-27)24(30)11-8-20-16-21(31-3)9-10-22(20)32-4/h5-11,16H,12-15,17H2,1-4H3,(H,26,29)/b11-8+. The number of benzene rings is 2. The Hall–Kier alpha value is -3.32. The molecule has 7 heteroatoms. The maximum absolute atomic E-state index is 12.6. The lowest BCUT2D eigenvalue weighted by Crippen LogP contribution is -2.50. The molecule has 170 valence electrons. The number of carbonyl (C=O) groups excluding carboxylic acids is 2. The molecule has 2 aromatic rings. The van der Waals surface area contributed by atoms with Crippen molar-refractivity contribution in [1.29, 1.82) is 0 Å². The second kappa shape index (κ2) is 10.8. The fourth-order valence-corrected chi connectivity index (χ4v) is 3.76. The van der Waals surface area contributed by atoms with Gasteiger partial charge in [0.15, 0.2) is 0 Å². The molecule has 0 aliphatic carbocycles. The minimum atomic E-state index is -0.0606. The summed E-state index contributed by atoms with van der Waals surface area (Å²) in [6, 6.07) is 11.4. The lowest BCUT2D eigenvalue weighted by Gasteiger charge is -2.33. The van der Waals surface area contributed by atoms with E-state index in [-0.39, 0.29) is 11.8 Å². The fourth-order valence-electron chi connectivity index (χ4n) is 3.76. The monoisotopic (exact) mass is 437 g/mol. The van der Waals surface area contributed by atoms with E-state index in [0.717, 1.165) is 22.4 Å². The third-order valence-electron chi connectivity index (χ3n) is 5.64. The number of methoxy groups -OCH3 is 2. The van der Waals surface area contributed by atoms with Crippen molar-refractivity contribution in [2.75, 3.05) is 52.3 Å². The molecule has 0 bridgehead atoms. The Kier molecular flexibility index (Phi) is 7.89. The van der Waals surface area contributed by atoms with Crippen LogP contribution in [0, 0.1) is 13.8 Å². The van der Waals surface area contributed by atoms with Gasteiger partial charge in [0.25, 0.3) is 0 Å². The molecule has 2 amide bonds. The normalized spacial score (nSPS) is 14.4. The number of ether oxygens (including phenoxy) is 2. The van der Waals surface area contributed by atoms with Crippen molar-refractivity contribution < 1.29 is 19.1 Å². The summed E-state index contributed by atoms with van der Waals surface area (Å²) in [5.41, 5.74) is 3.76. The van der Waals surface area contributed by atoms with E-state index in [9.17, 15) is 9.59 Å². The van der Waals surface area contributed by atoms with E-state index in [4.69, 9.17) is 9.47 Å². The summed E-state index contributed by atoms with van der Waals surface area (Å²) in [4.78, 5) is 29.0. The number of amides is 2. The molecule has 1 fully saturated rings. The van der Waals surface area contributed by atoms with Crippen molar-refractivity contribution in [2.24, 2.45) is 0 Å². The number of nitrogens with one attached hydrogen (secondary N) is 1. The molecule has 0 radical (unpaired) electrons. The number of carbonyl (C=O) groups is 2. The van der Waals surface area contributed by atoms with Crippen molar-refractivity contribution in [3.05, 3.63) is 59.2 Å². The Bertz CT molecular complexity index is 974. The van der Waals surface area contributed by atoms with Crippen LogP contribution in [0.25, 0.3) is 6.08 Å². The molecule has 0 aromatic heterocycles. The van der Waals surface area contributed by atoms with Crippen LogP contribution < -0.4 is 14.8 Å². The largest absolute Gasteiger partial charge is 0.497 e. The van der Waals surface area contributed by atoms with Crippen LogP contribution in [0.3, 0.4) is 0 Å². The Labute approximate surface area is 189 Å². The molecule has 0 saturated carbocycles. The van der Waals surface area contributed by atoms with Crippen molar-refractivity contribution in [1.82, 2.24) is 9.80 Å². The van der Waals surface area contributed by atoms with Gasteiger partial charge in [-0.1, -0.05) is 18.2 Å². The average molecular weight is 438 g/mol. The van der Waals surface area contributed by atoms with Gasteiger partial charge in [-0.25, -0.2) is 0 Å². The van der Waals surface area contributed by atoms with Gasteiger partial charge in [0.1, 0.15) is 11.5 Å². The molecular formula is C25H31N3O4. The molecule has 3 rings (SSSR count). The van der Waals surface area contributed by atoms with Crippen LogP contribution in [0.5, 0.6) is 11.5 Å². The molecule has 7 nitrogen and oxygen atoms in total. The number of aryl methyl sites for hydroxylation is 2. The van der Waals surface area contributed by atoms with Crippen LogP contribution in [0.4, 0.5) is 5.69 Å². The van der Waals surface area contributed by atoms with Crippen LogP contribution >= 0.6 is 0 Å². The highest BCUT2D eigenvalue weighted by Crippen LogP contribution is 2.25. The van der Waals surface area contributed by atoms with E-state index in [0.29, 0.717) is 44.2 Å². The van der Waals surface area contributed by atoms with E-state index >= 15 is 0 Å². The van der Waals surface area contributed by atoms with Crippen molar-refractivity contribution >= 4 is 23.6 Å². The highest BCUT2D eigenvalue weighted by Gasteiger charge is 2.21. The molecule has 2 aromatic carbocycles. The van der Waals surface area contributed by atoms with Gasteiger partial charge in [-0.05, 0) is 49.2 Å². The third kappa shape index (κ3) is 5.88. The second-order valence-electron chi connectivity index (χ2n) is 7.86. The van der Waals surface area contributed by atoms with Gasteiger partial charge in [0.2, 0.25) is 11.8 Å². The molecule has 0 unspecified atom stereocenters. The summed E-state index contributed by atoms with van der Waals surface area (Å²) in [5.74, 6) is 1.28.